The lowest BCUT2D eigenvalue weighted by atomic mass is 10.1. The lowest BCUT2D eigenvalue weighted by Crippen LogP contribution is -1.94. The second-order valence-electron chi connectivity index (χ2n) is 3.31. The first-order chi connectivity index (χ1) is 8.06. The minimum absolute atomic E-state index is 0.0734. The molecule has 92 valence electrons. The molecule has 0 unspecified atom stereocenters. The van der Waals surface area contributed by atoms with Gasteiger partial charge in [0.05, 0.1) is 12.1 Å². The monoisotopic (exact) mass is 274 g/mol. The first kappa shape index (κ1) is 14.2. The summed E-state index contributed by atoms with van der Waals surface area (Å²) in [6.07, 6.45) is 3.00. The third kappa shape index (κ3) is 4.13. The Kier molecular flexibility index (Phi) is 5.65. The average Bonchev–Trinajstić information content (AvgIpc) is 2.27. The zero-order chi connectivity index (χ0) is 12.8. The molecular formula is C12H12Cl2O3. The van der Waals surface area contributed by atoms with Crippen LogP contribution in [-0.4, -0.2) is 12.9 Å². The first-order valence-electron chi connectivity index (χ1n) is 4.87. The summed E-state index contributed by atoms with van der Waals surface area (Å²) in [6.45, 7) is 1.67. The molecule has 3 nitrogen and oxygen atoms in total. The van der Waals surface area contributed by atoms with Gasteiger partial charge in [-0.25, -0.2) is 9.78 Å². The van der Waals surface area contributed by atoms with Crippen molar-refractivity contribution in [3.63, 3.8) is 0 Å². The number of rotatable bonds is 5. The van der Waals surface area contributed by atoms with E-state index in [1.165, 1.54) is 20.1 Å². The molecule has 1 aromatic rings. The number of benzene rings is 1. The largest absolute Gasteiger partial charge is 0.295 e. The van der Waals surface area contributed by atoms with E-state index in [1.54, 1.807) is 18.2 Å². The molecule has 0 aliphatic carbocycles. The highest BCUT2D eigenvalue weighted by molar-refractivity contribution is 6.37. The average molecular weight is 275 g/mol. The molecule has 0 aliphatic rings. The van der Waals surface area contributed by atoms with Gasteiger partial charge in [-0.3, -0.25) is 4.79 Å². The predicted octanol–water partition coefficient (Wildman–Crippen LogP) is 3.67. The molecule has 1 aromatic carbocycles. The summed E-state index contributed by atoms with van der Waals surface area (Å²) in [4.78, 5) is 20.2. The Morgan fingerprint density at radius 1 is 1.41 bits per heavy atom. The molecule has 0 amide bonds. The Bertz CT molecular complexity index is 442. The maximum absolute atomic E-state index is 10.9. The smallest absolute Gasteiger partial charge is 0.152 e. The molecule has 0 radical (unpaired) electrons. The normalized spacial score (nSPS) is 11.1. The second kappa shape index (κ2) is 6.77. The number of hydrogen-bond donors (Lipinski definition) is 0. The number of carbonyl (C=O) groups is 1. The van der Waals surface area contributed by atoms with Crippen LogP contribution in [0.2, 0.25) is 10.0 Å². The van der Waals surface area contributed by atoms with Crippen molar-refractivity contribution >= 4 is 35.1 Å². The Balaban J connectivity index is 3.06. The van der Waals surface area contributed by atoms with E-state index in [2.05, 4.69) is 4.89 Å². The van der Waals surface area contributed by atoms with E-state index < -0.39 is 0 Å². The molecule has 17 heavy (non-hydrogen) atoms. The van der Waals surface area contributed by atoms with Gasteiger partial charge < -0.3 is 0 Å². The van der Waals surface area contributed by atoms with Gasteiger partial charge in [0, 0.05) is 16.1 Å². The van der Waals surface area contributed by atoms with Crippen molar-refractivity contribution in [1.29, 1.82) is 0 Å². The van der Waals surface area contributed by atoms with Gasteiger partial charge in [-0.2, -0.15) is 0 Å². The first-order valence-corrected chi connectivity index (χ1v) is 5.63. The molecule has 1 rings (SSSR count). The number of halogens is 2. The van der Waals surface area contributed by atoms with Crippen molar-refractivity contribution in [2.45, 2.75) is 13.5 Å². The molecule has 0 aliphatic heterocycles. The summed E-state index contributed by atoms with van der Waals surface area (Å²) < 4.78 is 0. The summed E-state index contributed by atoms with van der Waals surface area (Å²) in [5, 5.41) is 0.931. The maximum Gasteiger partial charge on any atom is 0.152 e. The van der Waals surface area contributed by atoms with Gasteiger partial charge in [0.25, 0.3) is 0 Å². The van der Waals surface area contributed by atoms with Gasteiger partial charge in [0.15, 0.2) is 5.78 Å². The van der Waals surface area contributed by atoms with Crippen LogP contribution in [0.25, 0.3) is 6.08 Å². The van der Waals surface area contributed by atoms with Gasteiger partial charge in [0.2, 0.25) is 0 Å². The van der Waals surface area contributed by atoms with Crippen LogP contribution in [0.3, 0.4) is 0 Å². The summed E-state index contributed by atoms with van der Waals surface area (Å²) in [5.74, 6) is -0.0734. The zero-order valence-electron chi connectivity index (χ0n) is 9.50. The summed E-state index contributed by atoms with van der Waals surface area (Å²) >= 11 is 12.2. The van der Waals surface area contributed by atoms with Gasteiger partial charge in [-0.05, 0) is 25.1 Å². The number of allylic oxidation sites excluding steroid dienone is 1. The Morgan fingerprint density at radius 3 is 2.71 bits per heavy atom. The van der Waals surface area contributed by atoms with Crippen LogP contribution >= 0.6 is 23.2 Å². The van der Waals surface area contributed by atoms with E-state index in [-0.39, 0.29) is 12.4 Å². The maximum atomic E-state index is 10.9. The predicted molar refractivity (Wildman–Crippen MR) is 68.0 cm³/mol. The van der Waals surface area contributed by atoms with Crippen LogP contribution in [-0.2, 0) is 21.2 Å². The third-order valence-corrected chi connectivity index (χ3v) is 2.80. The standard InChI is InChI=1S/C12H12Cl2O3/c1-8(15)3-5-10-11(13)6-4-9(12(10)14)7-17-16-2/h3-6H,7H2,1-2H3. The summed E-state index contributed by atoms with van der Waals surface area (Å²) in [6, 6.07) is 3.44. The molecule has 0 bridgehead atoms. The molecular weight excluding hydrogens is 263 g/mol. The number of carbonyl (C=O) groups excluding carboxylic acids is 1. The highest BCUT2D eigenvalue weighted by Gasteiger charge is 2.09. The van der Waals surface area contributed by atoms with Crippen molar-refractivity contribution in [2.75, 3.05) is 7.11 Å². The highest BCUT2D eigenvalue weighted by atomic mass is 35.5. The van der Waals surface area contributed by atoms with Crippen LogP contribution in [0.4, 0.5) is 0 Å². The lowest BCUT2D eigenvalue weighted by Gasteiger charge is -2.08. The molecule has 0 fully saturated rings. The zero-order valence-corrected chi connectivity index (χ0v) is 11.0. The molecule has 0 saturated heterocycles. The SMILES string of the molecule is COOCc1ccc(Cl)c(C=CC(C)=O)c1Cl. The molecule has 0 N–H and O–H groups in total. The van der Waals surface area contributed by atoms with E-state index in [1.807, 2.05) is 0 Å². The molecule has 0 spiro atoms. The fourth-order valence-electron chi connectivity index (χ4n) is 1.20. The minimum atomic E-state index is -0.0734. The Morgan fingerprint density at radius 2 is 2.12 bits per heavy atom. The fourth-order valence-corrected chi connectivity index (χ4v) is 1.75. The van der Waals surface area contributed by atoms with E-state index >= 15 is 0 Å². The Labute approximate surface area is 110 Å². The summed E-state index contributed by atoms with van der Waals surface area (Å²) in [5.41, 5.74) is 1.34. The van der Waals surface area contributed by atoms with E-state index in [9.17, 15) is 4.79 Å². The van der Waals surface area contributed by atoms with E-state index in [0.29, 0.717) is 15.6 Å². The van der Waals surface area contributed by atoms with Crippen LogP contribution in [0, 0.1) is 0 Å². The van der Waals surface area contributed by atoms with Crippen molar-refractivity contribution in [1.82, 2.24) is 0 Å². The van der Waals surface area contributed by atoms with Crippen molar-refractivity contribution in [2.24, 2.45) is 0 Å². The quantitative estimate of drug-likeness (QED) is 0.467. The van der Waals surface area contributed by atoms with Gasteiger partial charge >= 0.3 is 0 Å². The van der Waals surface area contributed by atoms with Crippen molar-refractivity contribution in [3.8, 4) is 0 Å². The van der Waals surface area contributed by atoms with Crippen molar-refractivity contribution < 1.29 is 14.6 Å². The van der Waals surface area contributed by atoms with Crippen LogP contribution in [0.1, 0.15) is 18.1 Å². The number of hydrogen-bond acceptors (Lipinski definition) is 3. The third-order valence-electron chi connectivity index (χ3n) is 2.02. The van der Waals surface area contributed by atoms with Crippen LogP contribution in [0.5, 0.6) is 0 Å². The molecule has 5 heteroatoms. The molecule has 0 atom stereocenters. The summed E-state index contributed by atoms with van der Waals surface area (Å²) in [7, 11) is 1.42. The van der Waals surface area contributed by atoms with Gasteiger partial charge in [0.1, 0.15) is 6.61 Å². The van der Waals surface area contributed by atoms with Gasteiger partial charge in [-0.15, -0.1) is 0 Å². The van der Waals surface area contributed by atoms with Crippen LogP contribution < -0.4 is 0 Å². The molecule has 0 heterocycles. The van der Waals surface area contributed by atoms with Crippen LogP contribution in [0.15, 0.2) is 18.2 Å². The minimum Gasteiger partial charge on any atom is -0.295 e. The topological polar surface area (TPSA) is 35.5 Å². The van der Waals surface area contributed by atoms with Crippen molar-refractivity contribution in [3.05, 3.63) is 39.4 Å². The van der Waals surface area contributed by atoms with Gasteiger partial charge in [-0.1, -0.05) is 29.3 Å². The highest BCUT2D eigenvalue weighted by Crippen LogP contribution is 2.29. The molecule has 0 saturated carbocycles. The molecule has 0 aromatic heterocycles. The number of ketones is 1. The van der Waals surface area contributed by atoms with E-state index in [0.717, 1.165) is 5.56 Å². The van der Waals surface area contributed by atoms with E-state index in [4.69, 9.17) is 28.1 Å². The Hall–Kier alpha value is -0.870. The lowest BCUT2D eigenvalue weighted by molar-refractivity contribution is -0.282. The second-order valence-corrected chi connectivity index (χ2v) is 4.09. The fraction of sp³-hybridized carbons (Fsp3) is 0.250.